The van der Waals surface area contributed by atoms with E-state index in [1.54, 1.807) is 4.68 Å². The van der Waals surface area contributed by atoms with Crippen molar-refractivity contribution in [3.63, 3.8) is 0 Å². The van der Waals surface area contributed by atoms with Crippen LogP contribution >= 0.6 is 11.6 Å². The molecule has 0 aliphatic carbocycles. The smallest absolute Gasteiger partial charge is 0.149 e. The Balaban J connectivity index is 2.34. The normalized spacial score (nSPS) is 11.7. The molecule has 0 aliphatic heterocycles. The van der Waals surface area contributed by atoms with Crippen LogP contribution in [0, 0.1) is 6.92 Å². The highest BCUT2D eigenvalue weighted by atomic mass is 35.5. The highest BCUT2D eigenvalue weighted by Gasteiger charge is 2.15. The number of hydrogen-bond acceptors (Lipinski definition) is 3. The Hall–Kier alpha value is -1.33. The second-order valence-electron chi connectivity index (χ2n) is 4.48. The third-order valence-electron chi connectivity index (χ3n) is 2.83. The van der Waals surface area contributed by atoms with Crippen LogP contribution in [0.4, 0.5) is 0 Å². The van der Waals surface area contributed by atoms with Gasteiger partial charge in [-0.15, -0.1) is 0 Å². The minimum absolute atomic E-state index is 0.0298. The molecule has 0 saturated heterocycles. The Kier molecular flexibility index (Phi) is 3.96. The molecule has 0 unspecified atom stereocenters. The van der Waals surface area contributed by atoms with Gasteiger partial charge in [-0.05, 0) is 6.92 Å². The fraction of sp³-hybridized carbons (Fsp3) is 0.308. The van der Waals surface area contributed by atoms with E-state index in [-0.39, 0.29) is 12.3 Å². The summed E-state index contributed by atoms with van der Waals surface area (Å²) in [6, 6.07) is 9.69. The largest absolute Gasteiger partial charge is 0.252 e. The first-order valence-corrected chi connectivity index (χ1v) is 8.28. The maximum absolute atomic E-state index is 11.2. The zero-order valence-corrected chi connectivity index (χ0v) is 12.4. The van der Waals surface area contributed by atoms with Gasteiger partial charge in [0.15, 0.2) is 0 Å². The Morgan fingerprint density at radius 2 is 1.89 bits per heavy atom. The van der Waals surface area contributed by atoms with Gasteiger partial charge in [0.1, 0.15) is 15.0 Å². The Labute approximate surface area is 117 Å². The molecule has 102 valence electrons. The van der Waals surface area contributed by atoms with E-state index in [9.17, 15) is 8.42 Å². The van der Waals surface area contributed by atoms with Gasteiger partial charge < -0.3 is 0 Å². The molecule has 2 rings (SSSR count). The molecule has 0 spiro atoms. The number of hydrogen-bond donors (Lipinski definition) is 0. The average Bonchev–Trinajstić information content (AvgIpc) is 2.64. The zero-order chi connectivity index (χ0) is 14.0. The van der Waals surface area contributed by atoms with E-state index in [0.717, 1.165) is 16.8 Å². The van der Waals surface area contributed by atoms with Gasteiger partial charge in [-0.25, -0.2) is 8.42 Å². The molecule has 4 nitrogen and oxygen atoms in total. The third kappa shape index (κ3) is 3.36. The van der Waals surface area contributed by atoms with Crippen molar-refractivity contribution in [3.05, 3.63) is 41.0 Å². The number of rotatable bonds is 4. The predicted molar refractivity (Wildman–Crippen MR) is 77.1 cm³/mol. The summed E-state index contributed by atoms with van der Waals surface area (Å²) in [4.78, 5) is 0. The van der Waals surface area contributed by atoms with Crippen molar-refractivity contribution in [2.45, 2.75) is 13.5 Å². The minimum atomic E-state index is -3.03. The standard InChI is InChI=1S/C13H15ClN2O2S/c1-10-12(11-6-4-3-5-7-11)15-16(13(10)14)8-9-19(2,17)18/h3-7H,8-9H2,1-2H3. The molecule has 6 heteroatoms. The van der Waals surface area contributed by atoms with E-state index >= 15 is 0 Å². The lowest BCUT2D eigenvalue weighted by atomic mass is 10.1. The van der Waals surface area contributed by atoms with E-state index in [1.165, 1.54) is 6.26 Å². The Morgan fingerprint density at radius 3 is 2.47 bits per heavy atom. The molecule has 1 aromatic heterocycles. The first kappa shape index (κ1) is 14.1. The molecule has 0 N–H and O–H groups in total. The van der Waals surface area contributed by atoms with Crippen LogP contribution in [0.25, 0.3) is 11.3 Å². The van der Waals surface area contributed by atoms with E-state index < -0.39 is 9.84 Å². The van der Waals surface area contributed by atoms with Gasteiger partial charge in [0.25, 0.3) is 0 Å². The molecule has 0 saturated carbocycles. The predicted octanol–water partition coefficient (Wildman–Crippen LogP) is 2.56. The van der Waals surface area contributed by atoms with Gasteiger partial charge in [0.2, 0.25) is 0 Å². The molecule has 0 fully saturated rings. The monoisotopic (exact) mass is 298 g/mol. The molecule has 0 amide bonds. The van der Waals surface area contributed by atoms with Gasteiger partial charge in [0, 0.05) is 17.4 Å². The minimum Gasteiger partial charge on any atom is -0.252 e. The zero-order valence-electron chi connectivity index (χ0n) is 10.8. The summed E-state index contributed by atoms with van der Waals surface area (Å²) in [7, 11) is -3.03. The average molecular weight is 299 g/mol. The van der Waals surface area contributed by atoms with Crippen molar-refractivity contribution >= 4 is 21.4 Å². The van der Waals surface area contributed by atoms with Crippen molar-refractivity contribution in [2.75, 3.05) is 12.0 Å². The number of aryl methyl sites for hydroxylation is 1. The van der Waals surface area contributed by atoms with Crippen molar-refractivity contribution < 1.29 is 8.42 Å². The first-order chi connectivity index (χ1) is 8.88. The summed E-state index contributed by atoms with van der Waals surface area (Å²) in [5, 5.41) is 4.89. The number of benzene rings is 1. The maximum Gasteiger partial charge on any atom is 0.149 e. The molecule has 0 bridgehead atoms. The molecule has 1 aromatic carbocycles. The fourth-order valence-corrected chi connectivity index (χ4v) is 2.52. The number of sulfone groups is 1. The van der Waals surface area contributed by atoms with Gasteiger partial charge >= 0.3 is 0 Å². The van der Waals surface area contributed by atoms with Crippen LogP contribution in [0.1, 0.15) is 5.56 Å². The lowest BCUT2D eigenvalue weighted by Crippen LogP contribution is -2.12. The topological polar surface area (TPSA) is 52.0 Å². The van der Waals surface area contributed by atoms with E-state index in [2.05, 4.69) is 5.10 Å². The van der Waals surface area contributed by atoms with Gasteiger partial charge in [-0.3, -0.25) is 4.68 Å². The van der Waals surface area contributed by atoms with Gasteiger partial charge in [0.05, 0.1) is 18.0 Å². The molecule has 0 aliphatic rings. The summed E-state index contributed by atoms with van der Waals surface area (Å²) in [6.07, 6.45) is 1.20. The van der Waals surface area contributed by atoms with Gasteiger partial charge in [-0.2, -0.15) is 5.10 Å². The van der Waals surface area contributed by atoms with Crippen molar-refractivity contribution in [1.82, 2.24) is 9.78 Å². The summed E-state index contributed by atoms with van der Waals surface area (Å²) in [5.41, 5.74) is 2.63. The lowest BCUT2D eigenvalue weighted by Gasteiger charge is -2.01. The molecule has 0 atom stereocenters. The molecule has 0 radical (unpaired) electrons. The molecule has 2 aromatic rings. The molecule has 1 heterocycles. The molecular weight excluding hydrogens is 284 g/mol. The maximum atomic E-state index is 11.2. The van der Waals surface area contributed by atoms with Crippen LogP contribution in [-0.4, -0.2) is 30.2 Å². The SMILES string of the molecule is Cc1c(-c2ccccc2)nn(CCS(C)(=O)=O)c1Cl. The quantitative estimate of drug-likeness (QED) is 0.871. The van der Waals surface area contributed by atoms with Crippen LogP contribution in [0.2, 0.25) is 5.15 Å². The van der Waals surface area contributed by atoms with Crippen LogP contribution in [0.15, 0.2) is 30.3 Å². The van der Waals surface area contributed by atoms with Crippen LogP contribution in [0.5, 0.6) is 0 Å². The number of aromatic nitrogens is 2. The fourth-order valence-electron chi connectivity index (χ4n) is 1.80. The highest BCUT2D eigenvalue weighted by molar-refractivity contribution is 7.90. The number of nitrogens with zero attached hydrogens (tertiary/aromatic N) is 2. The van der Waals surface area contributed by atoms with E-state index in [0.29, 0.717) is 5.15 Å². The summed E-state index contributed by atoms with van der Waals surface area (Å²) >= 11 is 6.20. The van der Waals surface area contributed by atoms with Crippen molar-refractivity contribution in [1.29, 1.82) is 0 Å². The Bertz CT molecular complexity index is 678. The summed E-state index contributed by atoms with van der Waals surface area (Å²) < 4.78 is 23.9. The first-order valence-electron chi connectivity index (χ1n) is 5.84. The van der Waals surface area contributed by atoms with Crippen LogP contribution in [-0.2, 0) is 16.4 Å². The van der Waals surface area contributed by atoms with Crippen molar-refractivity contribution in [2.24, 2.45) is 0 Å². The van der Waals surface area contributed by atoms with Gasteiger partial charge in [-0.1, -0.05) is 41.9 Å². The van der Waals surface area contributed by atoms with Crippen LogP contribution < -0.4 is 0 Å². The molecular formula is C13H15ClN2O2S. The highest BCUT2D eigenvalue weighted by Crippen LogP contribution is 2.27. The summed E-state index contributed by atoms with van der Waals surface area (Å²) in [6.45, 7) is 2.15. The van der Waals surface area contributed by atoms with E-state index in [4.69, 9.17) is 11.6 Å². The Morgan fingerprint density at radius 1 is 1.26 bits per heavy atom. The summed E-state index contributed by atoms with van der Waals surface area (Å²) in [5.74, 6) is 0.0298. The second kappa shape index (κ2) is 5.35. The molecule has 19 heavy (non-hydrogen) atoms. The van der Waals surface area contributed by atoms with E-state index in [1.807, 2.05) is 37.3 Å². The number of halogens is 1. The van der Waals surface area contributed by atoms with Crippen LogP contribution in [0.3, 0.4) is 0 Å². The third-order valence-corrected chi connectivity index (χ3v) is 4.24. The lowest BCUT2D eigenvalue weighted by molar-refractivity contribution is 0.586. The second-order valence-corrected chi connectivity index (χ2v) is 7.10. The van der Waals surface area contributed by atoms with Crippen molar-refractivity contribution in [3.8, 4) is 11.3 Å².